The zero-order valence-corrected chi connectivity index (χ0v) is 20.6. The van der Waals surface area contributed by atoms with E-state index >= 15 is 0 Å². The molecule has 0 radical (unpaired) electrons. The molecule has 4 rings (SSSR count). The van der Waals surface area contributed by atoms with Gasteiger partial charge in [0.25, 0.3) is 5.91 Å². The predicted molar refractivity (Wildman–Crippen MR) is 133 cm³/mol. The van der Waals surface area contributed by atoms with Crippen LogP contribution in [0.4, 0.5) is 5.69 Å². The predicted octanol–water partition coefficient (Wildman–Crippen LogP) is 4.02. The van der Waals surface area contributed by atoms with E-state index in [0.29, 0.717) is 22.6 Å². The first-order valence-corrected chi connectivity index (χ1v) is 13.1. The molecule has 2 aromatic heterocycles. The van der Waals surface area contributed by atoms with Gasteiger partial charge in [-0.1, -0.05) is 43.2 Å². The lowest BCUT2D eigenvalue weighted by molar-refractivity contribution is -0.119. The second-order valence-corrected chi connectivity index (χ2v) is 9.80. The molecule has 1 saturated carbocycles. The largest absolute Gasteiger partial charge is 0.497 e. The second kappa shape index (κ2) is 11.9. The zero-order chi connectivity index (χ0) is 23.8. The quantitative estimate of drug-likeness (QED) is 0.301. The molecule has 1 aliphatic carbocycles. The van der Waals surface area contributed by atoms with E-state index in [1.165, 1.54) is 42.4 Å². The summed E-state index contributed by atoms with van der Waals surface area (Å²) in [5.41, 5.74) is 5.86. The highest BCUT2D eigenvalue weighted by Crippen LogP contribution is 2.33. The first-order valence-electron chi connectivity index (χ1n) is 11.2. The zero-order valence-electron chi connectivity index (χ0n) is 19.0. The summed E-state index contributed by atoms with van der Waals surface area (Å²) in [7, 11) is 1.64. The summed E-state index contributed by atoms with van der Waals surface area (Å²) in [6.45, 7) is 0.514. The molecule has 0 atom stereocenters. The van der Waals surface area contributed by atoms with Crippen LogP contribution in [0.1, 0.15) is 53.6 Å². The van der Waals surface area contributed by atoms with Gasteiger partial charge in [0, 0.05) is 17.8 Å². The number of carbonyl (C=O) groups excluding carboxylic acids is 2. The lowest BCUT2D eigenvalue weighted by atomic mass is 9.95. The lowest BCUT2D eigenvalue weighted by Crippen LogP contribution is -2.42. The van der Waals surface area contributed by atoms with Crippen LogP contribution in [-0.4, -0.2) is 39.4 Å². The van der Waals surface area contributed by atoms with Crippen molar-refractivity contribution >= 4 is 40.6 Å². The number of nitrogens with zero attached hydrogens (tertiary/aromatic N) is 3. The number of hydrogen-bond donors (Lipinski definition) is 3. The molecule has 3 N–H and O–H groups in total. The highest BCUT2D eigenvalue weighted by molar-refractivity contribution is 7.99. The molecule has 2 heterocycles. The Bertz CT molecular complexity index is 1100. The number of amides is 2. The maximum Gasteiger partial charge on any atom is 0.279 e. The van der Waals surface area contributed by atoms with Crippen molar-refractivity contribution in [3.63, 3.8) is 0 Å². The maximum absolute atomic E-state index is 12.3. The molecular weight excluding hydrogens is 472 g/mol. The minimum absolute atomic E-state index is 0.124. The summed E-state index contributed by atoms with van der Waals surface area (Å²) in [5, 5.41) is 14.8. The van der Waals surface area contributed by atoms with Gasteiger partial charge in [-0.3, -0.25) is 20.4 Å². The fourth-order valence-electron chi connectivity index (χ4n) is 3.91. The standard InChI is InChI=1S/C23H28N6O3S2/c1-32-18-10-5-7-16(13-18)24-14-20-25-28-23(29(20)17-8-3-2-4-9-17)34-15-21(30)26-27-22(31)19-11-6-12-33-19/h5-7,10-13,17,24H,2-4,8-9,14-15H2,1H3,(H,26,30)(H,27,31). The molecule has 0 bridgehead atoms. The lowest BCUT2D eigenvalue weighted by Gasteiger charge is -2.25. The fourth-order valence-corrected chi connectivity index (χ4v) is 5.35. The van der Waals surface area contributed by atoms with Gasteiger partial charge in [-0.25, -0.2) is 0 Å². The molecule has 0 spiro atoms. The number of methoxy groups -OCH3 is 1. The Kier molecular flexibility index (Phi) is 8.42. The molecule has 11 heteroatoms. The first-order chi connectivity index (χ1) is 16.6. The van der Waals surface area contributed by atoms with E-state index in [9.17, 15) is 9.59 Å². The van der Waals surface area contributed by atoms with Crippen LogP contribution in [-0.2, 0) is 11.3 Å². The van der Waals surface area contributed by atoms with Gasteiger partial charge in [0.05, 0.1) is 24.3 Å². The molecule has 1 fully saturated rings. The number of thiophene rings is 1. The van der Waals surface area contributed by atoms with Crippen molar-refractivity contribution in [1.82, 2.24) is 25.6 Å². The third kappa shape index (κ3) is 6.29. The number of aromatic nitrogens is 3. The van der Waals surface area contributed by atoms with Crippen LogP contribution in [0.3, 0.4) is 0 Å². The Morgan fingerprint density at radius 1 is 1.15 bits per heavy atom. The number of thioether (sulfide) groups is 1. The van der Waals surface area contributed by atoms with Crippen molar-refractivity contribution < 1.29 is 14.3 Å². The Morgan fingerprint density at radius 2 is 2.00 bits per heavy atom. The number of benzene rings is 1. The van der Waals surface area contributed by atoms with Gasteiger partial charge < -0.3 is 14.6 Å². The van der Waals surface area contributed by atoms with Gasteiger partial charge >= 0.3 is 0 Å². The summed E-state index contributed by atoms with van der Waals surface area (Å²) in [4.78, 5) is 24.9. The van der Waals surface area contributed by atoms with Gasteiger partial charge in [0.15, 0.2) is 11.0 Å². The first kappa shape index (κ1) is 24.1. The molecule has 0 saturated heterocycles. The average Bonchev–Trinajstić information content (AvgIpc) is 3.56. The van der Waals surface area contributed by atoms with Gasteiger partial charge in [-0.05, 0) is 36.4 Å². The number of hydrazine groups is 1. The summed E-state index contributed by atoms with van der Waals surface area (Å²) in [6.07, 6.45) is 5.72. The third-order valence-corrected chi connectivity index (χ3v) is 7.40. The molecule has 0 unspecified atom stereocenters. The van der Waals surface area contributed by atoms with Crippen molar-refractivity contribution in [3.05, 3.63) is 52.5 Å². The van der Waals surface area contributed by atoms with Crippen LogP contribution in [0.2, 0.25) is 0 Å². The smallest absolute Gasteiger partial charge is 0.279 e. The van der Waals surface area contributed by atoms with Crippen LogP contribution in [0, 0.1) is 0 Å². The Labute approximate surface area is 206 Å². The summed E-state index contributed by atoms with van der Waals surface area (Å²) in [6, 6.07) is 11.6. The third-order valence-electron chi connectivity index (χ3n) is 5.59. The average molecular weight is 501 g/mol. The van der Waals surface area contributed by atoms with E-state index in [1.54, 1.807) is 19.2 Å². The summed E-state index contributed by atoms with van der Waals surface area (Å²) >= 11 is 2.64. The minimum Gasteiger partial charge on any atom is -0.497 e. The molecule has 9 nitrogen and oxygen atoms in total. The Balaban J connectivity index is 1.39. The van der Waals surface area contributed by atoms with E-state index < -0.39 is 0 Å². The minimum atomic E-state index is -0.329. The summed E-state index contributed by atoms with van der Waals surface area (Å²) < 4.78 is 7.47. The van der Waals surface area contributed by atoms with Crippen LogP contribution in [0.15, 0.2) is 46.9 Å². The van der Waals surface area contributed by atoms with Crippen molar-refractivity contribution in [1.29, 1.82) is 0 Å². The van der Waals surface area contributed by atoms with E-state index in [0.717, 1.165) is 30.1 Å². The number of carbonyl (C=O) groups is 2. The van der Waals surface area contributed by atoms with Gasteiger partial charge in [0.2, 0.25) is 5.91 Å². The number of nitrogens with one attached hydrogen (secondary N) is 3. The number of ether oxygens (including phenoxy) is 1. The van der Waals surface area contributed by atoms with Crippen LogP contribution in [0.5, 0.6) is 5.75 Å². The van der Waals surface area contributed by atoms with E-state index in [4.69, 9.17) is 4.74 Å². The van der Waals surface area contributed by atoms with Crippen molar-refractivity contribution in [3.8, 4) is 5.75 Å². The molecule has 1 aliphatic rings. The molecule has 1 aromatic carbocycles. The highest BCUT2D eigenvalue weighted by atomic mass is 32.2. The topological polar surface area (TPSA) is 110 Å². The normalized spacial score (nSPS) is 13.9. The molecule has 34 heavy (non-hydrogen) atoms. The van der Waals surface area contributed by atoms with E-state index in [-0.39, 0.29) is 17.6 Å². The SMILES string of the molecule is COc1cccc(NCc2nnc(SCC(=O)NNC(=O)c3cccs3)n2C2CCCCC2)c1. The van der Waals surface area contributed by atoms with E-state index in [2.05, 4.69) is 30.9 Å². The van der Waals surface area contributed by atoms with Crippen LogP contribution in [0.25, 0.3) is 0 Å². The number of rotatable bonds is 9. The van der Waals surface area contributed by atoms with Crippen molar-refractivity contribution in [2.45, 2.75) is 49.8 Å². The maximum atomic E-state index is 12.3. The molecule has 180 valence electrons. The number of hydrogen-bond acceptors (Lipinski definition) is 8. The monoisotopic (exact) mass is 500 g/mol. The Hall–Kier alpha value is -3.05. The van der Waals surface area contributed by atoms with Crippen LogP contribution < -0.4 is 20.9 Å². The molecular formula is C23H28N6O3S2. The highest BCUT2D eigenvalue weighted by Gasteiger charge is 2.23. The van der Waals surface area contributed by atoms with Gasteiger partial charge in [0.1, 0.15) is 5.75 Å². The Morgan fingerprint density at radius 3 is 2.76 bits per heavy atom. The number of anilines is 1. The van der Waals surface area contributed by atoms with Crippen molar-refractivity contribution in [2.75, 3.05) is 18.2 Å². The van der Waals surface area contributed by atoms with E-state index in [1.807, 2.05) is 29.6 Å². The summed E-state index contributed by atoms with van der Waals surface area (Å²) in [5.74, 6) is 1.11. The van der Waals surface area contributed by atoms with Crippen molar-refractivity contribution in [2.24, 2.45) is 0 Å². The van der Waals surface area contributed by atoms with Crippen LogP contribution >= 0.6 is 23.1 Å². The molecule has 0 aliphatic heterocycles. The molecule has 2 amide bonds. The fraction of sp³-hybridized carbons (Fsp3) is 0.391. The van der Waals surface area contributed by atoms with Gasteiger partial charge in [-0.2, -0.15) is 0 Å². The van der Waals surface area contributed by atoms with Gasteiger partial charge in [-0.15, -0.1) is 21.5 Å². The molecule has 3 aromatic rings. The second-order valence-electron chi connectivity index (χ2n) is 7.91.